The number of hydrogen-bond acceptors (Lipinski definition) is 5. The lowest BCUT2D eigenvalue weighted by Gasteiger charge is -2.35. The first-order valence-electron chi connectivity index (χ1n) is 9.47. The maximum atomic E-state index is 12.4. The monoisotopic (exact) mass is 385 g/mol. The molecule has 2 aromatic rings. The summed E-state index contributed by atoms with van der Waals surface area (Å²) in [6, 6.07) is 7.24. The molecule has 3 N–H and O–H groups in total. The molecule has 8 heteroatoms. The number of aryl methyl sites for hydroxylation is 1. The topological polar surface area (TPSA) is 99.3 Å². The lowest BCUT2D eigenvalue weighted by atomic mass is 10.1. The van der Waals surface area contributed by atoms with Gasteiger partial charge in [-0.25, -0.2) is 4.98 Å². The fraction of sp³-hybridized carbons (Fsp3) is 0.450. The SMILES string of the molecule is COc1ccccc1CN1CCNC(=O)C1CC(=O)NCCc1ncc(C)[nH]1. The fourth-order valence-corrected chi connectivity index (χ4v) is 3.39. The van der Waals surface area contributed by atoms with Crippen molar-refractivity contribution in [1.82, 2.24) is 25.5 Å². The van der Waals surface area contributed by atoms with Crippen LogP contribution in [-0.4, -0.2) is 59.5 Å². The van der Waals surface area contributed by atoms with Crippen molar-refractivity contribution in [1.29, 1.82) is 0 Å². The van der Waals surface area contributed by atoms with Crippen LogP contribution in [0.1, 0.15) is 23.5 Å². The van der Waals surface area contributed by atoms with E-state index in [4.69, 9.17) is 4.74 Å². The van der Waals surface area contributed by atoms with Gasteiger partial charge < -0.3 is 20.4 Å². The van der Waals surface area contributed by atoms with E-state index in [1.54, 1.807) is 13.3 Å². The average molecular weight is 385 g/mol. The highest BCUT2D eigenvalue weighted by Gasteiger charge is 2.31. The number of carbonyl (C=O) groups excluding carboxylic acids is 2. The molecule has 1 unspecified atom stereocenters. The number of nitrogens with one attached hydrogen (secondary N) is 3. The summed E-state index contributed by atoms with van der Waals surface area (Å²) >= 11 is 0. The van der Waals surface area contributed by atoms with Gasteiger partial charge in [0.2, 0.25) is 11.8 Å². The molecule has 1 aliphatic heterocycles. The molecule has 2 amide bonds. The molecule has 1 atom stereocenters. The Balaban J connectivity index is 1.57. The number of rotatable bonds is 8. The smallest absolute Gasteiger partial charge is 0.237 e. The third kappa shape index (κ3) is 5.10. The number of piperazine rings is 1. The van der Waals surface area contributed by atoms with E-state index in [2.05, 4.69) is 20.6 Å². The summed E-state index contributed by atoms with van der Waals surface area (Å²) in [5, 5.41) is 5.74. The highest BCUT2D eigenvalue weighted by Crippen LogP contribution is 2.21. The second kappa shape index (κ2) is 9.36. The molecule has 28 heavy (non-hydrogen) atoms. The minimum atomic E-state index is -0.496. The zero-order valence-electron chi connectivity index (χ0n) is 16.3. The van der Waals surface area contributed by atoms with Crippen LogP contribution in [0.15, 0.2) is 30.5 Å². The molecule has 8 nitrogen and oxygen atoms in total. The van der Waals surface area contributed by atoms with Crippen LogP contribution in [0.2, 0.25) is 0 Å². The summed E-state index contributed by atoms with van der Waals surface area (Å²) in [4.78, 5) is 34.2. The Hall–Kier alpha value is -2.87. The average Bonchev–Trinajstić information content (AvgIpc) is 3.10. The van der Waals surface area contributed by atoms with E-state index in [1.165, 1.54) is 0 Å². The molecule has 3 rings (SSSR count). The number of imidazole rings is 1. The number of hydrogen-bond donors (Lipinski definition) is 3. The number of aromatic amines is 1. The lowest BCUT2D eigenvalue weighted by molar-refractivity contribution is -0.134. The van der Waals surface area contributed by atoms with Gasteiger partial charge in [-0.15, -0.1) is 0 Å². The Morgan fingerprint density at radius 1 is 1.39 bits per heavy atom. The quantitative estimate of drug-likeness (QED) is 0.624. The fourth-order valence-electron chi connectivity index (χ4n) is 3.39. The molecule has 0 aliphatic carbocycles. The van der Waals surface area contributed by atoms with Crippen LogP contribution in [0.5, 0.6) is 5.75 Å². The van der Waals surface area contributed by atoms with Crippen molar-refractivity contribution in [2.24, 2.45) is 0 Å². The van der Waals surface area contributed by atoms with Crippen molar-refractivity contribution in [2.75, 3.05) is 26.7 Å². The van der Waals surface area contributed by atoms with Gasteiger partial charge in [-0.3, -0.25) is 14.5 Å². The molecule has 0 saturated carbocycles. The van der Waals surface area contributed by atoms with Crippen LogP contribution >= 0.6 is 0 Å². The molecule has 0 spiro atoms. The highest BCUT2D eigenvalue weighted by atomic mass is 16.5. The number of para-hydroxylation sites is 1. The van der Waals surface area contributed by atoms with E-state index in [9.17, 15) is 9.59 Å². The van der Waals surface area contributed by atoms with E-state index in [0.29, 0.717) is 32.6 Å². The van der Waals surface area contributed by atoms with Crippen LogP contribution in [0.3, 0.4) is 0 Å². The summed E-state index contributed by atoms with van der Waals surface area (Å²) in [6.45, 7) is 4.23. The molecule has 1 fully saturated rings. The molecule has 150 valence electrons. The Kier molecular flexibility index (Phi) is 6.65. The van der Waals surface area contributed by atoms with Crippen LogP contribution in [0.4, 0.5) is 0 Å². The number of ether oxygens (including phenoxy) is 1. The van der Waals surface area contributed by atoms with Gasteiger partial charge in [0.1, 0.15) is 11.6 Å². The third-order valence-electron chi connectivity index (χ3n) is 4.83. The van der Waals surface area contributed by atoms with E-state index < -0.39 is 6.04 Å². The van der Waals surface area contributed by atoms with Crippen molar-refractivity contribution in [3.8, 4) is 5.75 Å². The second-order valence-electron chi connectivity index (χ2n) is 6.91. The molecule has 0 bridgehead atoms. The number of nitrogens with zero attached hydrogens (tertiary/aromatic N) is 2. The van der Waals surface area contributed by atoms with Crippen molar-refractivity contribution in [3.05, 3.63) is 47.5 Å². The van der Waals surface area contributed by atoms with E-state index in [1.807, 2.05) is 36.1 Å². The number of methoxy groups -OCH3 is 1. The van der Waals surface area contributed by atoms with Gasteiger partial charge in [0.05, 0.1) is 19.6 Å². The number of amides is 2. The number of benzene rings is 1. The Morgan fingerprint density at radius 3 is 2.96 bits per heavy atom. The summed E-state index contributed by atoms with van der Waals surface area (Å²) in [7, 11) is 1.63. The Labute approximate surface area is 164 Å². The van der Waals surface area contributed by atoms with Crippen molar-refractivity contribution in [3.63, 3.8) is 0 Å². The molecule has 0 radical (unpaired) electrons. The molecule has 2 heterocycles. The molecule has 1 aromatic heterocycles. The van der Waals surface area contributed by atoms with E-state index in [0.717, 1.165) is 22.8 Å². The summed E-state index contributed by atoms with van der Waals surface area (Å²) in [5.41, 5.74) is 1.99. The predicted molar refractivity (Wildman–Crippen MR) is 105 cm³/mol. The van der Waals surface area contributed by atoms with E-state index in [-0.39, 0.29) is 18.2 Å². The van der Waals surface area contributed by atoms with Gasteiger partial charge in [0.25, 0.3) is 0 Å². The Morgan fingerprint density at radius 2 is 2.21 bits per heavy atom. The minimum absolute atomic E-state index is 0.113. The largest absolute Gasteiger partial charge is 0.496 e. The molecule has 1 aliphatic rings. The van der Waals surface area contributed by atoms with Gasteiger partial charge in [-0.2, -0.15) is 0 Å². The summed E-state index contributed by atoms with van der Waals surface area (Å²) in [5.74, 6) is 1.37. The van der Waals surface area contributed by atoms with Gasteiger partial charge >= 0.3 is 0 Å². The number of aromatic nitrogens is 2. The molecular weight excluding hydrogens is 358 g/mol. The zero-order chi connectivity index (χ0) is 19.9. The maximum absolute atomic E-state index is 12.4. The van der Waals surface area contributed by atoms with Crippen molar-refractivity contribution < 1.29 is 14.3 Å². The first kappa shape index (κ1) is 19.9. The van der Waals surface area contributed by atoms with Crippen molar-refractivity contribution >= 4 is 11.8 Å². The first-order chi connectivity index (χ1) is 13.6. The highest BCUT2D eigenvalue weighted by molar-refractivity contribution is 5.88. The van der Waals surface area contributed by atoms with Gasteiger partial charge in [0.15, 0.2) is 0 Å². The molecule has 1 aromatic carbocycles. The third-order valence-corrected chi connectivity index (χ3v) is 4.83. The molecule has 1 saturated heterocycles. The normalized spacial score (nSPS) is 17.2. The lowest BCUT2D eigenvalue weighted by Crippen LogP contribution is -2.56. The minimum Gasteiger partial charge on any atom is -0.496 e. The molecular formula is C20H27N5O3. The maximum Gasteiger partial charge on any atom is 0.237 e. The van der Waals surface area contributed by atoms with Gasteiger partial charge in [-0.1, -0.05) is 18.2 Å². The zero-order valence-corrected chi connectivity index (χ0v) is 16.3. The van der Waals surface area contributed by atoms with Crippen LogP contribution in [0, 0.1) is 6.92 Å². The van der Waals surface area contributed by atoms with Crippen molar-refractivity contribution in [2.45, 2.75) is 32.4 Å². The Bertz CT molecular complexity index is 820. The van der Waals surface area contributed by atoms with E-state index >= 15 is 0 Å². The van der Waals surface area contributed by atoms with Gasteiger partial charge in [0, 0.05) is 50.1 Å². The predicted octanol–water partition coefficient (Wildman–Crippen LogP) is 0.776. The number of carbonyl (C=O) groups is 2. The summed E-state index contributed by atoms with van der Waals surface area (Å²) in [6.07, 6.45) is 2.51. The summed E-state index contributed by atoms with van der Waals surface area (Å²) < 4.78 is 5.41. The number of H-pyrrole nitrogens is 1. The first-order valence-corrected chi connectivity index (χ1v) is 9.47. The second-order valence-corrected chi connectivity index (χ2v) is 6.91. The van der Waals surface area contributed by atoms with Crippen LogP contribution in [-0.2, 0) is 22.6 Å². The van der Waals surface area contributed by atoms with Crippen LogP contribution < -0.4 is 15.4 Å². The van der Waals surface area contributed by atoms with Gasteiger partial charge in [-0.05, 0) is 13.0 Å². The van der Waals surface area contributed by atoms with Crippen LogP contribution in [0.25, 0.3) is 0 Å². The standard InChI is InChI=1S/C20H27N5O3/c1-14-12-23-18(24-14)7-8-21-19(26)11-16-20(27)22-9-10-25(16)13-15-5-3-4-6-17(15)28-2/h3-6,12,16H,7-11,13H2,1-2H3,(H,21,26)(H,22,27)(H,23,24).